The van der Waals surface area contributed by atoms with Gasteiger partial charge in [0.2, 0.25) is 0 Å². The maximum absolute atomic E-state index is 12.8. The van der Waals surface area contributed by atoms with E-state index in [-0.39, 0.29) is 31.1 Å². The Kier molecular flexibility index (Phi) is 52.8. The molecule has 0 radical (unpaired) electrons. The number of rotatable bonds is 52. The summed E-state index contributed by atoms with van der Waals surface area (Å²) in [6.07, 6.45) is 66.6. The molecule has 0 aromatic rings. The van der Waals surface area contributed by atoms with Gasteiger partial charge in [0, 0.05) is 19.3 Å². The zero-order valence-electron chi connectivity index (χ0n) is 44.0. The minimum absolute atomic E-state index is 0.0799. The number of hydrogen-bond donors (Lipinski definition) is 0. The maximum Gasteiger partial charge on any atom is 0.306 e. The Labute approximate surface area is 409 Å². The number of hydrogen-bond acceptors (Lipinski definition) is 6. The molecule has 0 aliphatic carbocycles. The molecule has 0 bridgehead atoms. The van der Waals surface area contributed by atoms with E-state index in [1.54, 1.807) is 0 Å². The molecule has 0 heterocycles. The van der Waals surface area contributed by atoms with Gasteiger partial charge in [-0.2, -0.15) is 0 Å². The molecule has 6 heteroatoms. The molecule has 0 spiro atoms. The minimum atomic E-state index is -0.781. The Hall–Kier alpha value is -2.63. The molecule has 6 nitrogen and oxygen atoms in total. The summed E-state index contributed by atoms with van der Waals surface area (Å²) < 4.78 is 16.9. The second-order valence-corrected chi connectivity index (χ2v) is 19.2. The minimum Gasteiger partial charge on any atom is -0.462 e. The summed E-state index contributed by atoms with van der Waals surface area (Å²) in [6.45, 7) is 6.61. The molecule has 1 atom stereocenters. The van der Waals surface area contributed by atoms with Crippen molar-refractivity contribution in [3.63, 3.8) is 0 Å². The van der Waals surface area contributed by atoms with Crippen molar-refractivity contribution in [2.45, 2.75) is 303 Å². The lowest BCUT2D eigenvalue weighted by Gasteiger charge is -2.18. The van der Waals surface area contributed by atoms with Crippen LogP contribution in [0.2, 0.25) is 0 Å². The van der Waals surface area contributed by atoms with Crippen molar-refractivity contribution in [1.29, 1.82) is 0 Å². The molecular weight excluding hydrogens is 817 g/mol. The van der Waals surface area contributed by atoms with Gasteiger partial charge in [0.25, 0.3) is 0 Å². The van der Waals surface area contributed by atoms with Gasteiger partial charge in [-0.25, -0.2) is 0 Å². The van der Waals surface area contributed by atoms with Crippen LogP contribution in [0.4, 0.5) is 0 Å². The van der Waals surface area contributed by atoms with Crippen LogP contribution in [0, 0.1) is 0 Å². The van der Waals surface area contributed by atoms with Crippen LogP contribution in [-0.2, 0) is 28.6 Å². The van der Waals surface area contributed by atoms with Gasteiger partial charge in [-0.15, -0.1) is 0 Å². The molecule has 0 amide bonds. The third-order valence-electron chi connectivity index (χ3n) is 12.5. The Bertz CT molecular complexity index is 1150. The zero-order chi connectivity index (χ0) is 47.9. The summed E-state index contributed by atoms with van der Waals surface area (Å²) in [6, 6.07) is 0. The van der Waals surface area contributed by atoms with E-state index in [0.717, 1.165) is 83.5 Å². The van der Waals surface area contributed by atoms with Crippen LogP contribution in [0.3, 0.4) is 0 Å². The van der Waals surface area contributed by atoms with Crippen molar-refractivity contribution in [2.75, 3.05) is 13.2 Å². The molecule has 0 fully saturated rings. The third kappa shape index (κ3) is 52.3. The van der Waals surface area contributed by atoms with E-state index >= 15 is 0 Å². The number of ether oxygens (including phenoxy) is 3. The summed E-state index contributed by atoms with van der Waals surface area (Å²) in [5, 5.41) is 0. The number of esters is 3. The van der Waals surface area contributed by atoms with Gasteiger partial charge in [0.15, 0.2) is 6.10 Å². The predicted molar refractivity (Wildman–Crippen MR) is 284 cm³/mol. The highest BCUT2D eigenvalue weighted by molar-refractivity contribution is 5.71. The van der Waals surface area contributed by atoms with Gasteiger partial charge >= 0.3 is 17.9 Å². The monoisotopic (exact) mass is 925 g/mol. The average molecular weight is 926 g/mol. The Morgan fingerprint density at radius 3 is 0.894 bits per heavy atom. The molecule has 0 rings (SSSR count). The lowest BCUT2D eigenvalue weighted by molar-refractivity contribution is -0.167. The fourth-order valence-corrected chi connectivity index (χ4v) is 8.17. The molecule has 1 unspecified atom stereocenters. The molecule has 0 aliphatic rings. The first-order chi connectivity index (χ1) is 32.5. The zero-order valence-corrected chi connectivity index (χ0v) is 44.0. The van der Waals surface area contributed by atoms with Crippen LogP contribution in [0.15, 0.2) is 48.6 Å². The molecule has 0 aromatic heterocycles. The number of allylic oxidation sites excluding steroid dienone is 8. The van der Waals surface area contributed by atoms with Crippen molar-refractivity contribution >= 4 is 17.9 Å². The quantitative estimate of drug-likeness (QED) is 0.0262. The predicted octanol–water partition coefficient (Wildman–Crippen LogP) is 19.0. The molecule has 0 N–H and O–H groups in total. The van der Waals surface area contributed by atoms with Gasteiger partial charge in [-0.05, 0) is 103 Å². The van der Waals surface area contributed by atoms with Gasteiger partial charge in [-0.3, -0.25) is 14.4 Å². The lowest BCUT2D eigenvalue weighted by atomic mass is 10.1. The molecule has 66 heavy (non-hydrogen) atoms. The maximum atomic E-state index is 12.8. The van der Waals surface area contributed by atoms with Crippen LogP contribution < -0.4 is 0 Å². The molecule has 0 aliphatic heterocycles. The second kappa shape index (κ2) is 55.0. The Balaban J connectivity index is 4.39. The van der Waals surface area contributed by atoms with E-state index in [9.17, 15) is 14.4 Å². The first kappa shape index (κ1) is 63.4. The molecular formula is C60H108O6. The lowest BCUT2D eigenvalue weighted by Crippen LogP contribution is -2.30. The highest BCUT2D eigenvalue weighted by Gasteiger charge is 2.19. The molecule has 384 valence electrons. The fourth-order valence-electron chi connectivity index (χ4n) is 8.17. The van der Waals surface area contributed by atoms with E-state index in [1.165, 1.54) is 173 Å². The standard InChI is InChI=1S/C60H108O6/c1-4-7-10-13-16-19-22-25-28-30-33-35-38-41-44-47-50-53-59(62)65-56-57(55-64-58(61)52-49-46-43-40-37-34-31-27-24-21-18-15-12-9-6-3)66-60(63)54-51-48-45-42-39-36-32-29-26-23-20-17-14-11-8-5-2/h16,19,21,24-25,28-29,32,57H,4-15,17-18,20,22-23,26-27,30-31,33-56H2,1-3H3/b19-16-,24-21-,28-25-,32-29-. The van der Waals surface area contributed by atoms with Crippen molar-refractivity contribution in [1.82, 2.24) is 0 Å². The van der Waals surface area contributed by atoms with Crippen LogP contribution in [0.25, 0.3) is 0 Å². The largest absolute Gasteiger partial charge is 0.462 e. The molecule has 0 aromatic carbocycles. The van der Waals surface area contributed by atoms with Gasteiger partial charge in [0.05, 0.1) is 0 Å². The molecule has 0 saturated carbocycles. The summed E-state index contributed by atoms with van der Waals surface area (Å²) >= 11 is 0. The average Bonchev–Trinajstić information content (AvgIpc) is 3.31. The summed E-state index contributed by atoms with van der Waals surface area (Å²) in [4.78, 5) is 38.1. The first-order valence-corrected chi connectivity index (χ1v) is 28.6. The van der Waals surface area contributed by atoms with E-state index in [4.69, 9.17) is 14.2 Å². The number of unbranched alkanes of at least 4 members (excludes halogenated alkanes) is 33. The fraction of sp³-hybridized carbons (Fsp3) is 0.817. The van der Waals surface area contributed by atoms with E-state index in [0.29, 0.717) is 19.3 Å². The van der Waals surface area contributed by atoms with Crippen LogP contribution >= 0.6 is 0 Å². The highest BCUT2D eigenvalue weighted by Crippen LogP contribution is 2.15. The van der Waals surface area contributed by atoms with Gasteiger partial charge in [-0.1, -0.05) is 223 Å². The summed E-state index contributed by atoms with van der Waals surface area (Å²) in [5.74, 6) is -0.888. The smallest absolute Gasteiger partial charge is 0.306 e. The highest BCUT2D eigenvalue weighted by atomic mass is 16.6. The number of carbonyl (C=O) groups excluding carboxylic acids is 3. The second-order valence-electron chi connectivity index (χ2n) is 19.2. The van der Waals surface area contributed by atoms with Gasteiger partial charge < -0.3 is 14.2 Å². The Morgan fingerprint density at radius 1 is 0.303 bits per heavy atom. The first-order valence-electron chi connectivity index (χ1n) is 28.6. The van der Waals surface area contributed by atoms with Crippen LogP contribution in [0.5, 0.6) is 0 Å². The van der Waals surface area contributed by atoms with E-state index in [2.05, 4.69) is 69.4 Å². The van der Waals surface area contributed by atoms with Crippen molar-refractivity contribution in [3.05, 3.63) is 48.6 Å². The third-order valence-corrected chi connectivity index (χ3v) is 12.5. The summed E-state index contributed by atoms with van der Waals surface area (Å²) in [5.41, 5.74) is 0. The van der Waals surface area contributed by atoms with Crippen LogP contribution in [0.1, 0.15) is 297 Å². The number of carbonyl (C=O) groups is 3. The van der Waals surface area contributed by atoms with Crippen molar-refractivity contribution in [2.24, 2.45) is 0 Å². The Morgan fingerprint density at radius 2 is 0.545 bits per heavy atom. The SMILES string of the molecule is CCCCC/C=C\C/C=C\CCCCCCCCCC(=O)OCC(COC(=O)CCCCCCCCC/C=C\CCCCCC)OC(=O)CCCCCCC/C=C\CCCCCCCCC. The van der Waals surface area contributed by atoms with E-state index < -0.39 is 6.10 Å². The van der Waals surface area contributed by atoms with E-state index in [1.807, 2.05) is 0 Å². The van der Waals surface area contributed by atoms with Crippen molar-refractivity contribution in [3.8, 4) is 0 Å². The molecule has 0 saturated heterocycles. The van der Waals surface area contributed by atoms with Crippen LogP contribution in [-0.4, -0.2) is 37.2 Å². The topological polar surface area (TPSA) is 78.9 Å². The van der Waals surface area contributed by atoms with Gasteiger partial charge in [0.1, 0.15) is 13.2 Å². The normalized spacial score (nSPS) is 12.3. The summed E-state index contributed by atoms with van der Waals surface area (Å²) in [7, 11) is 0. The van der Waals surface area contributed by atoms with Crippen molar-refractivity contribution < 1.29 is 28.6 Å².